The maximum atomic E-state index is 12.6. The molecule has 32 heavy (non-hydrogen) atoms. The molecular formula is C23H18N4O2S3. The molecule has 1 amide bonds. The molecule has 0 bridgehead atoms. The van der Waals surface area contributed by atoms with Crippen LogP contribution in [0.25, 0.3) is 31.6 Å². The van der Waals surface area contributed by atoms with Crippen LogP contribution in [0.1, 0.15) is 12.5 Å². The Hall–Kier alpha value is -3.01. The third-order valence-corrected chi connectivity index (χ3v) is 7.59. The third kappa shape index (κ3) is 4.45. The van der Waals surface area contributed by atoms with E-state index in [1.165, 1.54) is 33.4 Å². The van der Waals surface area contributed by atoms with Crippen molar-refractivity contribution in [2.24, 2.45) is 0 Å². The molecule has 0 saturated carbocycles. The predicted molar refractivity (Wildman–Crippen MR) is 131 cm³/mol. The van der Waals surface area contributed by atoms with Crippen molar-refractivity contribution in [1.82, 2.24) is 15.2 Å². The molecule has 0 saturated heterocycles. The van der Waals surface area contributed by atoms with Gasteiger partial charge in [-0.1, -0.05) is 23.9 Å². The lowest BCUT2D eigenvalue weighted by atomic mass is 10.2. The lowest BCUT2D eigenvalue weighted by Crippen LogP contribution is -2.22. The number of carbonyl (C=O) groups excluding carboxylic acids is 1. The van der Waals surface area contributed by atoms with Gasteiger partial charge in [0, 0.05) is 11.3 Å². The van der Waals surface area contributed by atoms with Crippen molar-refractivity contribution in [2.75, 3.05) is 5.32 Å². The number of amides is 1. The van der Waals surface area contributed by atoms with Crippen LogP contribution in [0.5, 0.6) is 0 Å². The van der Waals surface area contributed by atoms with E-state index in [2.05, 4.69) is 34.6 Å². The maximum absolute atomic E-state index is 12.6. The standard InChI is InChI=1S/C23H18N4O2S3/c1-13-5-10-17-19(12-13)32-22(25-17)15-6-8-16(9-7-15)24-20(28)14(2)31-23-27-26-21(29-23)18-4-3-11-30-18/h3-12,14H,1-2H3,(H,24,28). The number of fused-ring (bicyclic) bond motifs is 1. The Morgan fingerprint density at radius 1 is 1.12 bits per heavy atom. The van der Waals surface area contributed by atoms with Gasteiger partial charge in [0.05, 0.1) is 20.3 Å². The fraction of sp³-hybridized carbons (Fsp3) is 0.130. The van der Waals surface area contributed by atoms with Crippen molar-refractivity contribution in [3.05, 3.63) is 65.5 Å². The second-order valence-corrected chi connectivity index (χ2v) is 10.4. The summed E-state index contributed by atoms with van der Waals surface area (Å²) in [4.78, 5) is 18.2. The first-order chi connectivity index (χ1) is 15.5. The number of rotatable bonds is 6. The molecule has 0 radical (unpaired) electrons. The minimum Gasteiger partial charge on any atom is -0.410 e. The number of thiophene rings is 1. The van der Waals surface area contributed by atoms with Crippen LogP contribution in [0.15, 0.2) is 69.6 Å². The van der Waals surface area contributed by atoms with Crippen LogP contribution in [0, 0.1) is 6.92 Å². The molecule has 0 aliphatic heterocycles. The van der Waals surface area contributed by atoms with Crippen LogP contribution < -0.4 is 5.32 Å². The van der Waals surface area contributed by atoms with Gasteiger partial charge < -0.3 is 9.73 Å². The van der Waals surface area contributed by atoms with Crippen LogP contribution in [0.3, 0.4) is 0 Å². The molecule has 0 aliphatic carbocycles. The first kappa shape index (κ1) is 20.9. The molecular weight excluding hydrogens is 460 g/mol. The highest BCUT2D eigenvalue weighted by Crippen LogP contribution is 2.32. The van der Waals surface area contributed by atoms with Crippen LogP contribution in [-0.4, -0.2) is 26.3 Å². The minimum atomic E-state index is -0.390. The SMILES string of the molecule is Cc1ccc2nc(-c3ccc(NC(=O)C(C)Sc4nnc(-c5cccs5)o4)cc3)sc2c1. The van der Waals surface area contributed by atoms with E-state index in [9.17, 15) is 4.79 Å². The van der Waals surface area contributed by atoms with Crippen molar-refractivity contribution >= 4 is 56.2 Å². The van der Waals surface area contributed by atoms with E-state index in [1.54, 1.807) is 11.3 Å². The summed E-state index contributed by atoms with van der Waals surface area (Å²) < 4.78 is 6.83. The Labute approximate surface area is 196 Å². The van der Waals surface area contributed by atoms with Crippen molar-refractivity contribution in [2.45, 2.75) is 24.3 Å². The van der Waals surface area contributed by atoms with E-state index in [-0.39, 0.29) is 11.2 Å². The molecule has 2 aromatic carbocycles. The molecule has 0 aliphatic rings. The summed E-state index contributed by atoms with van der Waals surface area (Å²) in [5, 5.41) is 13.9. The van der Waals surface area contributed by atoms with E-state index in [0.29, 0.717) is 11.1 Å². The van der Waals surface area contributed by atoms with Crippen LogP contribution in [0.2, 0.25) is 0 Å². The van der Waals surface area contributed by atoms with Gasteiger partial charge in [0.2, 0.25) is 5.91 Å². The summed E-state index contributed by atoms with van der Waals surface area (Å²) in [6.07, 6.45) is 0. The normalized spacial score (nSPS) is 12.2. The number of hydrogen-bond acceptors (Lipinski definition) is 8. The molecule has 5 rings (SSSR count). The van der Waals surface area contributed by atoms with Gasteiger partial charge in [0.1, 0.15) is 5.01 Å². The third-order valence-electron chi connectivity index (χ3n) is 4.73. The molecule has 3 aromatic heterocycles. The van der Waals surface area contributed by atoms with Crippen molar-refractivity contribution in [3.8, 4) is 21.3 Å². The predicted octanol–water partition coefficient (Wildman–Crippen LogP) is 6.50. The van der Waals surface area contributed by atoms with Gasteiger partial charge in [0.15, 0.2) is 0 Å². The zero-order valence-corrected chi connectivity index (χ0v) is 19.7. The van der Waals surface area contributed by atoms with E-state index >= 15 is 0 Å². The van der Waals surface area contributed by atoms with Crippen LogP contribution in [0.4, 0.5) is 5.69 Å². The number of thioether (sulfide) groups is 1. The van der Waals surface area contributed by atoms with Crippen LogP contribution >= 0.6 is 34.4 Å². The number of carbonyl (C=O) groups is 1. The number of aryl methyl sites for hydroxylation is 1. The number of nitrogens with one attached hydrogen (secondary N) is 1. The summed E-state index contributed by atoms with van der Waals surface area (Å²) in [7, 11) is 0. The Morgan fingerprint density at radius 2 is 1.97 bits per heavy atom. The van der Waals surface area contributed by atoms with Gasteiger partial charge in [-0.2, -0.15) is 0 Å². The molecule has 0 spiro atoms. The highest BCUT2D eigenvalue weighted by atomic mass is 32.2. The van der Waals surface area contributed by atoms with Crippen LogP contribution in [-0.2, 0) is 4.79 Å². The number of nitrogens with zero attached hydrogens (tertiary/aromatic N) is 3. The molecule has 160 valence electrons. The molecule has 5 aromatic rings. The molecule has 1 atom stereocenters. The van der Waals surface area contributed by atoms with Gasteiger partial charge in [-0.05, 0) is 67.3 Å². The summed E-state index contributed by atoms with van der Waals surface area (Å²) in [5.74, 6) is 0.338. The molecule has 6 nitrogen and oxygen atoms in total. The Kier molecular flexibility index (Phi) is 5.77. The minimum absolute atomic E-state index is 0.130. The zero-order valence-electron chi connectivity index (χ0n) is 17.2. The topological polar surface area (TPSA) is 80.9 Å². The number of hydrogen-bond donors (Lipinski definition) is 1. The average Bonchev–Trinajstić information content (AvgIpc) is 3.54. The fourth-order valence-corrected chi connectivity index (χ4v) is 5.45. The lowest BCUT2D eigenvalue weighted by molar-refractivity contribution is -0.115. The molecule has 1 unspecified atom stereocenters. The Balaban J connectivity index is 1.23. The largest absolute Gasteiger partial charge is 0.410 e. The van der Waals surface area contributed by atoms with E-state index in [4.69, 9.17) is 9.40 Å². The zero-order chi connectivity index (χ0) is 22.1. The second kappa shape index (κ2) is 8.85. The number of benzene rings is 2. The lowest BCUT2D eigenvalue weighted by Gasteiger charge is -2.10. The van der Waals surface area contributed by atoms with Gasteiger partial charge in [0.25, 0.3) is 11.1 Å². The first-order valence-electron chi connectivity index (χ1n) is 9.88. The van der Waals surface area contributed by atoms with Gasteiger partial charge in [-0.3, -0.25) is 4.79 Å². The fourth-order valence-electron chi connectivity index (χ4n) is 3.06. The van der Waals surface area contributed by atoms with E-state index < -0.39 is 0 Å². The first-order valence-corrected chi connectivity index (χ1v) is 12.5. The smallest absolute Gasteiger partial charge is 0.277 e. The number of anilines is 1. The summed E-state index contributed by atoms with van der Waals surface area (Å²) in [6, 6.07) is 17.8. The number of thiazole rings is 1. The summed E-state index contributed by atoms with van der Waals surface area (Å²) >= 11 is 4.43. The maximum Gasteiger partial charge on any atom is 0.277 e. The van der Waals surface area contributed by atoms with Gasteiger partial charge in [-0.15, -0.1) is 32.9 Å². The monoisotopic (exact) mass is 478 g/mol. The Bertz CT molecular complexity index is 1370. The van der Waals surface area contributed by atoms with E-state index in [0.717, 1.165) is 26.7 Å². The molecule has 3 heterocycles. The molecule has 1 N–H and O–H groups in total. The summed E-state index contributed by atoms with van der Waals surface area (Å²) in [6.45, 7) is 3.89. The summed E-state index contributed by atoms with van der Waals surface area (Å²) in [5.41, 5.74) is 3.98. The van der Waals surface area contributed by atoms with Gasteiger partial charge in [-0.25, -0.2) is 4.98 Å². The van der Waals surface area contributed by atoms with E-state index in [1.807, 2.05) is 54.8 Å². The highest BCUT2D eigenvalue weighted by molar-refractivity contribution is 8.00. The Morgan fingerprint density at radius 3 is 2.75 bits per heavy atom. The van der Waals surface area contributed by atoms with Crippen molar-refractivity contribution in [1.29, 1.82) is 0 Å². The molecule has 0 fully saturated rings. The van der Waals surface area contributed by atoms with Gasteiger partial charge >= 0.3 is 0 Å². The highest BCUT2D eigenvalue weighted by Gasteiger charge is 2.19. The van der Waals surface area contributed by atoms with Crippen molar-refractivity contribution < 1.29 is 9.21 Å². The number of aromatic nitrogens is 3. The average molecular weight is 479 g/mol. The molecule has 9 heteroatoms. The van der Waals surface area contributed by atoms with Crippen molar-refractivity contribution in [3.63, 3.8) is 0 Å². The second-order valence-electron chi connectivity index (χ2n) is 7.17. The quantitative estimate of drug-likeness (QED) is 0.281.